The highest BCUT2D eigenvalue weighted by atomic mass is 16.5. The van der Waals surface area contributed by atoms with Gasteiger partial charge >= 0.3 is 5.97 Å². The minimum Gasteiger partial charge on any atom is -0.468 e. The Morgan fingerprint density at radius 3 is 2.05 bits per heavy atom. The molecule has 0 heterocycles. The van der Waals surface area contributed by atoms with Crippen LogP contribution in [0, 0.1) is 5.92 Å². The molecule has 3 nitrogen and oxygen atoms in total. The maximum Gasteiger partial charge on any atom is 0.316 e. The van der Waals surface area contributed by atoms with E-state index < -0.39 is 11.9 Å². The van der Waals surface area contributed by atoms with Crippen LogP contribution in [0.15, 0.2) is 60.7 Å². The molecule has 1 fully saturated rings. The summed E-state index contributed by atoms with van der Waals surface area (Å²) in [5.41, 5.74) is 2.11. The van der Waals surface area contributed by atoms with E-state index in [2.05, 4.69) is 0 Å². The lowest BCUT2D eigenvalue weighted by Crippen LogP contribution is -2.26. The van der Waals surface area contributed by atoms with E-state index in [1.807, 2.05) is 60.7 Å². The molecule has 3 rings (SSSR count). The van der Waals surface area contributed by atoms with E-state index in [-0.39, 0.29) is 17.6 Å². The smallest absolute Gasteiger partial charge is 0.316 e. The van der Waals surface area contributed by atoms with Gasteiger partial charge in [-0.1, -0.05) is 60.7 Å². The Hall–Kier alpha value is -2.42. The third-order valence-electron chi connectivity index (χ3n) is 4.43. The lowest BCUT2D eigenvalue weighted by Gasteiger charge is -2.23. The van der Waals surface area contributed by atoms with Crippen molar-refractivity contribution < 1.29 is 14.3 Å². The molecule has 0 amide bonds. The Balaban J connectivity index is 2.06. The highest BCUT2D eigenvalue weighted by molar-refractivity contribution is 6.02. The van der Waals surface area contributed by atoms with Gasteiger partial charge in [0.05, 0.1) is 7.11 Å². The highest BCUT2D eigenvalue weighted by Gasteiger charge is 2.48. The quantitative estimate of drug-likeness (QED) is 0.644. The van der Waals surface area contributed by atoms with Crippen LogP contribution in [0.4, 0.5) is 0 Å². The molecule has 0 aliphatic heterocycles. The van der Waals surface area contributed by atoms with Gasteiger partial charge in [0.25, 0.3) is 0 Å². The second-order valence-electron chi connectivity index (χ2n) is 5.62. The first-order valence-electron chi connectivity index (χ1n) is 7.43. The Labute approximate surface area is 129 Å². The van der Waals surface area contributed by atoms with Crippen LogP contribution in [-0.4, -0.2) is 18.9 Å². The van der Waals surface area contributed by atoms with Crippen LogP contribution in [0.2, 0.25) is 0 Å². The van der Waals surface area contributed by atoms with Crippen molar-refractivity contribution >= 4 is 11.8 Å². The molecule has 3 atom stereocenters. The van der Waals surface area contributed by atoms with Crippen LogP contribution in [0.1, 0.15) is 29.4 Å². The van der Waals surface area contributed by atoms with E-state index >= 15 is 0 Å². The SMILES string of the molecule is COC(=O)[C@@H]1C(=O)C[C@@H](c2ccccc2)[C@@H]1c1ccccc1. The molecule has 0 saturated heterocycles. The number of ketones is 1. The molecular weight excluding hydrogens is 276 g/mol. The number of carbonyl (C=O) groups excluding carboxylic acids is 2. The molecule has 22 heavy (non-hydrogen) atoms. The number of carbonyl (C=O) groups is 2. The molecule has 2 aromatic carbocycles. The fourth-order valence-electron chi connectivity index (χ4n) is 3.43. The third kappa shape index (κ3) is 2.54. The highest BCUT2D eigenvalue weighted by Crippen LogP contribution is 2.48. The number of ether oxygens (including phenoxy) is 1. The van der Waals surface area contributed by atoms with Gasteiger partial charge in [0, 0.05) is 12.3 Å². The van der Waals surface area contributed by atoms with Gasteiger partial charge in [-0.25, -0.2) is 0 Å². The van der Waals surface area contributed by atoms with Crippen molar-refractivity contribution in [2.45, 2.75) is 18.3 Å². The molecule has 0 aromatic heterocycles. The predicted molar refractivity (Wildman–Crippen MR) is 83.5 cm³/mol. The zero-order chi connectivity index (χ0) is 15.5. The van der Waals surface area contributed by atoms with Gasteiger partial charge in [-0.05, 0) is 17.0 Å². The number of benzene rings is 2. The molecule has 0 bridgehead atoms. The summed E-state index contributed by atoms with van der Waals surface area (Å²) >= 11 is 0. The van der Waals surface area contributed by atoms with Crippen LogP contribution in [0.5, 0.6) is 0 Å². The van der Waals surface area contributed by atoms with Gasteiger partial charge in [-0.3, -0.25) is 9.59 Å². The van der Waals surface area contributed by atoms with E-state index in [1.165, 1.54) is 7.11 Å². The number of methoxy groups -OCH3 is 1. The second-order valence-corrected chi connectivity index (χ2v) is 5.62. The maximum absolute atomic E-state index is 12.4. The van der Waals surface area contributed by atoms with Gasteiger partial charge in [0.1, 0.15) is 11.7 Å². The summed E-state index contributed by atoms with van der Waals surface area (Å²) in [6, 6.07) is 19.7. The largest absolute Gasteiger partial charge is 0.468 e. The summed E-state index contributed by atoms with van der Waals surface area (Å²) in [7, 11) is 1.34. The molecule has 1 saturated carbocycles. The molecule has 0 N–H and O–H groups in total. The Morgan fingerprint density at radius 1 is 0.955 bits per heavy atom. The standard InChI is InChI=1S/C19H18O3/c1-22-19(21)18-16(20)12-15(13-8-4-2-5-9-13)17(18)14-10-6-3-7-11-14/h2-11,15,17-18H,12H2,1H3/t15-,17-,18+/m0/s1. The topological polar surface area (TPSA) is 43.4 Å². The number of rotatable bonds is 3. The number of esters is 1. The minimum atomic E-state index is -0.711. The van der Waals surface area contributed by atoms with Crippen molar-refractivity contribution in [2.75, 3.05) is 7.11 Å². The first-order valence-corrected chi connectivity index (χ1v) is 7.43. The zero-order valence-corrected chi connectivity index (χ0v) is 12.4. The monoisotopic (exact) mass is 294 g/mol. The number of Topliss-reactive ketones (excluding diaryl/α,β-unsaturated/α-hetero) is 1. The van der Waals surface area contributed by atoms with Crippen LogP contribution >= 0.6 is 0 Å². The molecule has 112 valence electrons. The van der Waals surface area contributed by atoms with Crippen molar-refractivity contribution in [2.24, 2.45) is 5.92 Å². The first-order chi connectivity index (χ1) is 10.7. The summed E-state index contributed by atoms with van der Waals surface area (Å²) < 4.78 is 4.88. The van der Waals surface area contributed by atoms with Crippen molar-refractivity contribution in [3.8, 4) is 0 Å². The third-order valence-corrected chi connectivity index (χ3v) is 4.43. The Morgan fingerprint density at radius 2 is 1.50 bits per heavy atom. The molecule has 1 aliphatic carbocycles. The summed E-state index contributed by atoms with van der Waals surface area (Å²) in [6.07, 6.45) is 0.378. The lowest BCUT2D eigenvalue weighted by atomic mass is 9.80. The summed E-state index contributed by atoms with van der Waals surface area (Å²) in [5, 5.41) is 0. The van der Waals surface area contributed by atoms with Crippen LogP contribution in [0.3, 0.4) is 0 Å². The van der Waals surface area contributed by atoms with Gasteiger partial charge < -0.3 is 4.74 Å². The average Bonchev–Trinajstić information content (AvgIpc) is 2.93. The Bertz CT molecular complexity index is 664. The molecule has 1 aliphatic rings. The summed E-state index contributed by atoms with van der Waals surface area (Å²) in [4.78, 5) is 24.6. The molecule has 0 unspecified atom stereocenters. The molecular formula is C19H18O3. The van der Waals surface area contributed by atoms with Gasteiger partial charge in [0.15, 0.2) is 0 Å². The van der Waals surface area contributed by atoms with E-state index in [0.717, 1.165) is 11.1 Å². The summed E-state index contributed by atoms with van der Waals surface area (Å²) in [5.74, 6) is -1.33. The van der Waals surface area contributed by atoms with E-state index in [1.54, 1.807) is 0 Å². The fourth-order valence-corrected chi connectivity index (χ4v) is 3.43. The van der Waals surface area contributed by atoms with Gasteiger partial charge in [-0.15, -0.1) is 0 Å². The van der Waals surface area contributed by atoms with Crippen LogP contribution < -0.4 is 0 Å². The average molecular weight is 294 g/mol. The van der Waals surface area contributed by atoms with E-state index in [0.29, 0.717) is 6.42 Å². The van der Waals surface area contributed by atoms with Crippen LogP contribution in [0.25, 0.3) is 0 Å². The fraction of sp³-hybridized carbons (Fsp3) is 0.263. The first kappa shape index (κ1) is 14.5. The minimum absolute atomic E-state index is 0.0141. The molecule has 2 aromatic rings. The molecule has 0 radical (unpaired) electrons. The second kappa shape index (κ2) is 6.14. The molecule has 0 spiro atoms. The van der Waals surface area contributed by atoms with Gasteiger partial charge in [0.2, 0.25) is 0 Å². The number of hydrogen-bond donors (Lipinski definition) is 0. The zero-order valence-electron chi connectivity index (χ0n) is 12.4. The molecule has 3 heteroatoms. The van der Waals surface area contributed by atoms with Crippen molar-refractivity contribution in [3.05, 3.63) is 71.8 Å². The summed E-state index contributed by atoms with van der Waals surface area (Å²) in [6.45, 7) is 0. The van der Waals surface area contributed by atoms with E-state index in [9.17, 15) is 9.59 Å². The maximum atomic E-state index is 12.4. The van der Waals surface area contributed by atoms with Gasteiger partial charge in [-0.2, -0.15) is 0 Å². The van der Waals surface area contributed by atoms with Crippen molar-refractivity contribution in [1.29, 1.82) is 0 Å². The van der Waals surface area contributed by atoms with Crippen molar-refractivity contribution in [1.82, 2.24) is 0 Å². The lowest BCUT2D eigenvalue weighted by molar-refractivity contribution is -0.148. The Kier molecular flexibility index (Phi) is 4.05. The predicted octanol–water partition coefficient (Wildman–Crippen LogP) is 3.32. The van der Waals surface area contributed by atoms with Crippen molar-refractivity contribution in [3.63, 3.8) is 0 Å². The van der Waals surface area contributed by atoms with E-state index in [4.69, 9.17) is 4.74 Å². The van der Waals surface area contributed by atoms with Crippen LogP contribution in [-0.2, 0) is 14.3 Å². The normalized spacial score (nSPS) is 24.2. The number of hydrogen-bond acceptors (Lipinski definition) is 3.